The summed E-state index contributed by atoms with van der Waals surface area (Å²) >= 11 is 5.31. The fraction of sp³-hybridized carbons (Fsp3) is 0.261. The lowest BCUT2D eigenvalue weighted by atomic mass is 10.1. The van der Waals surface area contributed by atoms with Gasteiger partial charge in [-0.05, 0) is 48.5 Å². The number of hydrogen-bond acceptors (Lipinski definition) is 6. The number of ether oxygens (including phenoxy) is 3. The maximum absolute atomic E-state index is 12.7. The average molecular weight is 441 g/mol. The second-order valence-electron chi connectivity index (χ2n) is 6.75. The molecule has 7 nitrogen and oxygen atoms in total. The number of benzene rings is 2. The van der Waals surface area contributed by atoms with Gasteiger partial charge in [-0.2, -0.15) is 0 Å². The van der Waals surface area contributed by atoms with Crippen LogP contribution in [-0.4, -0.2) is 54.1 Å². The van der Waals surface area contributed by atoms with Crippen LogP contribution in [0.3, 0.4) is 0 Å². The van der Waals surface area contributed by atoms with Crippen LogP contribution in [0, 0.1) is 0 Å². The Labute approximate surface area is 186 Å². The van der Waals surface area contributed by atoms with Gasteiger partial charge in [-0.3, -0.25) is 14.5 Å². The maximum atomic E-state index is 12.7. The van der Waals surface area contributed by atoms with E-state index in [0.717, 1.165) is 5.56 Å². The van der Waals surface area contributed by atoms with Crippen LogP contribution >= 0.6 is 12.2 Å². The van der Waals surface area contributed by atoms with Crippen molar-refractivity contribution in [1.82, 2.24) is 9.80 Å². The van der Waals surface area contributed by atoms with E-state index in [1.54, 1.807) is 25.3 Å². The number of hydrogen-bond donors (Lipinski definition) is 0. The van der Waals surface area contributed by atoms with Crippen molar-refractivity contribution in [2.75, 3.05) is 27.3 Å². The third-order valence-corrected chi connectivity index (χ3v) is 5.15. The van der Waals surface area contributed by atoms with Crippen molar-refractivity contribution in [3.05, 3.63) is 65.4 Å². The molecule has 2 aromatic rings. The van der Waals surface area contributed by atoms with Crippen LogP contribution in [0.15, 0.2) is 54.2 Å². The maximum Gasteiger partial charge on any atom is 0.325 e. The predicted octanol–water partition coefficient (Wildman–Crippen LogP) is 3.24. The summed E-state index contributed by atoms with van der Waals surface area (Å²) in [6.45, 7) is 2.61. The molecule has 1 saturated heterocycles. The third-order valence-electron chi connectivity index (χ3n) is 4.66. The lowest BCUT2D eigenvalue weighted by Gasteiger charge is -2.17. The summed E-state index contributed by atoms with van der Waals surface area (Å²) in [4.78, 5) is 27.2. The Balaban J connectivity index is 1.87. The number of likely N-dealkylation sites (N-methyl/N-ethyl adjacent to an activating group) is 1. The molecule has 0 unspecified atom stereocenters. The Morgan fingerprint density at radius 3 is 2.52 bits per heavy atom. The summed E-state index contributed by atoms with van der Waals surface area (Å²) < 4.78 is 16.4. The highest BCUT2D eigenvalue weighted by molar-refractivity contribution is 7.80. The Bertz CT molecular complexity index is 1010. The van der Waals surface area contributed by atoms with Gasteiger partial charge in [-0.25, -0.2) is 0 Å². The first-order chi connectivity index (χ1) is 14.9. The number of carbonyl (C=O) groups excluding carboxylic acids is 2. The van der Waals surface area contributed by atoms with Gasteiger partial charge in [-0.15, -0.1) is 0 Å². The van der Waals surface area contributed by atoms with Crippen LogP contribution in [0.25, 0.3) is 6.08 Å². The first-order valence-electron chi connectivity index (χ1n) is 9.76. The zero-order valence-electron chi connectivity index (χ0n) is 17.7. The molecule has 0 aliphatic carbocycles. The highest BCUT2D eigenvalue weighted by atomic mass is 32.1. The van der Waals surface area contributed by atoms with Gasteiger partial charge in [0.25, 0.3) is 5.91 Å². The molecule has 0 spiro atoms. The Kier molecular flexibility index (Phi) is 7.25. The minimum absolute atomic E-state index is 0.145. The number of methoxy groups -OCH3 is 1. The second-order valence-corrected chi connectivity index (χ2v) is 7.12. The first kappa shape index (κ1) is 22.3. The fourth-order valence-electron chi connectivity index (χ4n) is 3.04. The summed E-state index contributed by atoms with van der Waals surface area (Å²) in [6.07, 6.45) is 1.67. The molecule has 1 amide bonds. The molecule has 1 aliphatic heterocycles. The zero-order valence-corrected chi connectivity index (χ0v) is 18.5. The summed E-state index contributed by atoms with van der Waals surface area (Å²) in [6, 6.07) is 15.2. The number of esters is 1. The summed E-state index contributed by atoms with van der Waals surface area (Å²) in [5.41, 5.74) is 2.05. The van der Waals surface area contributed by atoms with Crippen molar-refractivity contribution in [3.63, 3.8) is 0 Å². The van der Waals surface area contributed by atoms with Gasteiger partial charge in [0.15, 0.2) is 16.6 Å². The summed E-state index contributed by atoms with van der Waals surface area (Å²) in [5, 5.41) is 0.245. The molecule has 31 heavy (non-hydrogen) atoms. The Hall–Kier alpha value is -3.39. The molecule has 0 aromatic heterocycles. The number of amides is 1. The van der Waals surface area contributed by atoms with Crippen LogP contribution in [0.4, 0.5) is 0 Å². The quantitative estimate of drug-likeness (QED) is 0.355. The van der Waals surface area contributed by atoms with E-state index < -0.39 is 5.97 Å². The first-order valence-corrected chi connectivity index (χ1v) is 10.2. The van der Waals surface area contributed by atoms with E-state index in [4.69, 9.17) is 26.4 Å². The molecule has 0 radical (unpaired) electrons. The van der Waals surface area contributed by atoms with Gasteiger partial charge in [0, 0.05) is 7.05 Å². The molecule has 0 atom stereocenters. The summed E-state index contributed by atoms with van der Waals surface area (Å²) in [7, 11) is 2.86. The van der Waals surface area contributed by atoms with Crippen molar-refractivity contribution < 1.29 is 23.8 Å². The monoisotopic (exact) mass is 440 g/mol. The van der Waals surface area contributed by atoms with E-state index in [1.165, 1.54) is 16.9 Å². The third kappa shape index (κ3) is 5.21. The Morgan fingerprint density at radius 1 is 1.10 bits per heavy atom. The van der Waals surface area contributed by atoms with Crippen LogP contribution in [0.2, 0.25) is 0 Å². The van der Waals surface area contributed by atoms with E-state index in [-0.39, 0.29) is 17.6 Å². The number of carbonyl (C=O) groups is 2. The largest absolute Gasteiger partial charge is 0.490 e. The molecule has 1 heterocycles. The van der Waals surface area contributed by atoms with E-state index in [9.17, 15) is 9.59 Å². The topological polar surface area (TPSA) is 68.3 Å². The highest BCUT2D eigenvalue weighted by Gasteiger charge is 2.36. The molecule has 1 fully saturated rings. The minimum Gasteiger partial charge on any atom is -0.490 e. The van der Waals surface area contributed by atoms with Gasteiger partial charge >= 0.3 is 5.97 Å². The molecule has 2 aromatic carbocycles. The SMILES string of the molecule is CCOc1cc(/C=C2/C(=O)N(C)C(=S)N2CC(=O)OC)ccc1OCc1ccccc1. The van der Waals surface area contributed by atoms with Crippen LogP contribution in [0.1, 0.15) is 18.1 Å². The average Bonchev–Trinajstić information content (AvgIpc) is 2.98. The number of thiocarbonyl (C=S) groups is 1. The molecule has 0 saturated carbocycles. The predicted molar refractivity (Wildman–Crippen MR) is 120 cm³/mol. The van der Waals surface area contributed by atoms with Crippen molar-refractivity contribution in [2.45, 2.75) is 13.5 Å². The van der Waals surface area contributed by atoms with Crippen molar-refractivity contribution >= 4 is 35.3 Å². The van der Waals surface area contributed by atoms with Gasteiger partial charge in [0.1, 0.15) is 18.8 Å². The van der Waals surface area contributed by atoms with Crippen LogP contribution in [0.5, 0.6) is 11.5 Å². The number of rotatable bonds is 8. The van der Waals surface area contributed by atoms with Gasteiger partial charge in [-0.1, -0.05) is 36.4 Å². The minimum atomic E-state index is -0.490. The zero-order chi connectivity index (χ0) is 22.4. The van der Waals surface area contributed by atoms with Gasteiger partial charge < -0.3 is 19.1 Å². The summed E-state index contributed by atoms with van der Waals surface area (Å²) in [5.74, 6) is 0.380. The second kappa shape index (κ2) is 10.1. The molecular weight excluding hydrogens is 416 g/mol. The van der Waals surface area contributed by atoms with Crippen molar-refractivity contribution in [1.29, 1.82) is 0 Å². The van der Waals surface area contributed by atoms with E-state index in [2.05, 4.69) is 0 Å². The van der Waals surface area contributed by atoms with E-state index in [0.29, 0.717) is 36.0 Å². The van der Waals surface area contributed by atoms with Crippen LogP contribution in [-0.2, 0) is 20.9 Å². The number of nitrogens with zero attached hydrogens (tertiary/aromatic N) is 2. The van der Waals surface area contributed by atoms with Crippen molar-refractivity contribution in [2.24, 2.45) is 0 Å². The van der Waals surface area contributed by atoms with Gasteiger partial charge in [0.05, 0.1) is 13.7 Å². The molecule has 8 heteroatoms. The van der Waals surface area contributed by atoms with Crippen molar-refractivity contribution in [3.8, 4) is 11.5 Å². The molecule has 3 rings (SSSR count). The van der Waals surface area contributed by atoms with Gasteiger partial charge in [0.2, 0.25) is 0 Å². The lowest BCUT2D eigenvalue weighted by Crippen LogP contribution is -2.33. The fourth-order valence-corrected chi connectivity index (χ4v) is 3.29. The highest BCUT2D eigenvalue weighted by Crippen LogP contribution is 2.31. The smallest absolute Gasteiger partial charge is 0.325 e. The molecule has 162 valence electrons. The van der Waals surface area contributed by atoms with Crippen LogP contribution < -0.4 is 9.47 Å². The molecular formula is C23H24N2O5S. The standard InChI is InChI=1S/C23H24N2O5S/c1-4-29-20-13-17(10-11-19(20)30-15-16-8-6-5-7-9-16)12-18-22(27)24(2)23(31)25(18)14-21(26)28-3/h5-13H,4,14-15H2,1-3H3/b18-12-. The van der Waals surface area contributed by atoms with E-state index >= 15 is 0 Å². The normalized spacial score (nSPS) is 14.9. The van der Waals surface area contributed by atoms with E-state index in [1.807, 2.05) is 43.3 Å². The Morgan fingerprint density at radius 2 is 1.84 bits per heavy atom. The lowest BCUT2D eigenvalue weighted by molar-refractivity contribution is -0.140. The molecule has 1 aliphatic rings. The molecule has 0 bridgehead atoms. The molecule has 0 N–H and O–H groups in total.